The number of rotatable bonds is 6. The van der Waals surface area contributed by atoms with Crippen molar-refractivity contribution in [3.05, 3.63) is 41.6 Å². The second-order valence-electron chi connectivity index (χ2n) is 6.14. The van der Waals surface area contributed by atoms with Gasteiger partial charge in [-0.25, -0.2) is 0 Å². The number of nitrogens with zero attached hydrogens (tertiary/aromatic N) is 2. The van der Waals surface area contributed by atoms with E-state index in [1.54, 1.807) is 16.8 Å². The highest BCUT2D eigenvalue weighted by molar-refractivity contribution is 6.04. The number of amides is 1. The molecule has 1 atom stereocenters. The lowest BCUT2D eigenvalue weighted by Crippen LogP contribution is -2.32. The summed E-state index contributed by atoms with van der Waals surface area (Å²) in [7, 11) is 0. The van der Waals surface area contributed by atoms with E-state index in [2.05, 4.69) is 5.32 Å². The molecule has 1 amide bonds. The van der Waals surface area contributed by atoms with Crippen molar-refractivity contribution in [2.24, 2.45) is 0 Å². The number of carboxylic acid groups (broad SMARTS) is 1. The number of para-hydroxylation sites is 1. The van der Waals surface area contributed by atoms with E-state index >= 15 is 0 Å². The third kappa shape index (κ3) is 3.92. The van der Waals surface area contributed by atoms with E-state index in [9.17, 15) is 14.9 Å². The monoisotopic (exact) mass is 353 g/mol. The molecule has 1 aliphatic heterocycles. The molecule has 2 aromatic rings. The molecule has 2 N–H and O–H groups in total. The van der Waals surface area contributed by atoms with Crippen LogP contribution in [0.3, 0.4) is 0 Å². The van der Waals surface area contributed by atoms with E-state index in [0.717, 1.165) is 23.7 Å². The molecule has 0 bridgehead atoms. The lowest BCUT2D eigenvalue weighted by molar-refractivity contribution is -0.137. The number of fused-ring (bicyclic) bond motifs is 1. The zero-order valence-electron chi connectivity index (χ0n) is 14.1. The van der Waals surface area contributed by atoms with Crippen LogP contribution in [0, 0.1) is 11.3 Å². The molecule has 1 saturated heterocycles. The maximum atomic E-state index is 12.3. The van der Waals surface area contributed by atoms with Crippen molar-refractivity contribution < 1.29 is 19.4 Å². The molecule has 0 unspecified atom stereocenters. The number of ether oxygens (including phenoxy) is 1. The van der Waals surface area contributed by atoms with Crippen molar-refractivity contribution in [3.63, 3.8) is 0 Å². The number of hydrogen-bond acceptors (Lipinski definition) is 4. The fourth-order valence-corrected chi connectivity index (χ4v) is 3.08. The van der Waals surface area contributed by atoms with E-state index in [1.165, 1.54) is 6.08 Å². The van der Waals surface area contributed by atoms with Crippen molar-refractivity contribution in [2.75, 3.05) is 13.2 Å². The van der Waals surface area contributed by atoms with Gasteiger partial charge in [0.2, 0.25) is 0 Å². The maximum Gasteiger partial charge on any atom is 0.323 e. The number of aromatic nitrogens is 1. The van der Waals surface area contributed by atoms with E-state index < -0.39 is 11.9 Å². The molecule has 0 spiro atoms. The highest BCUT2D eigenvalue weighted by Crippen LogP contribution is 2.23. The number of nitriles is 1. The molecule has 1 aliphatic rings. The van der Waals surface area contributed by atoms with Crippen LogP contribution in [0.25, 0.3) is 17.0 Å². The van der Waals surface area contributed by atoms with Gasteiger partial charge >= 0.3 is 5.97 Å². The van der Waals surface area contributed by atoms with E-state index in [0.29, 0.717) is 18.7 Å². The van der Waals surface area contributed by atoms with Gasteiger partial charge in [0.05, 0.1) is 6.10 Å². The van der Waals surface area contributed by atoms with Crippen LogP contribution in [-0.4, -0.2) is 40.8 Å². The van der Waals surface area contributed by atoms with E-state index in [4.69, 9.17) is 9.84 Å². The third-order valence-electron chi connectivity index (χ3n) is 4.30. The number of benzene rings is 1. The minimum absolute atomic E-state index is 0.00336. The number of nitrogens with one attached hydrogen (secondary N) is 1. The van der Waals surface area contributed by atoms with Gasteiger partial charge in [-0.3, -0.25) is 9.59 Å². The number of carbonyl (C=O) groups excluding carboxylic acids is 1. The topological polar surface area (TPSA) is 104 Å². The largest absolute Gasteiger partial charge is 0.480 e. The first kappa shape index (κ1) is 17.7. The van der Waals surface area contributed by atoms with Crippen LogP contribution in [0.4, 0.5) is 0 Å². The molecule has 26 heavy (non-hydrogen) atoms. The van der Waals surface area contributed by atoms with Crippen LogP contribution in [-0.2, 0) is 20.9 Å². The quantitative estimate of drug-likeness (QED) is 0.610. The van der Waals surface area contributed by atoms with Gasteiger partial charge in [-0.05, 0) is 25.0 Å². The Balaban J connectivity index is 1.85. The van der Waals surface area contributed by atoms with Gasteiger partial charge in [0.25, 0.3) is 5.91 Å². The standard InChI is InChI=1S/C19H19N3O4/c20-9-13(19(25)21-10-15-4-3-7-26-15)8-14-11-22(12-18(23)24)17-6-2-1-5-16(14)17/h1-2,5-6,8,11,15H,3-4,7,10,12H2,(H,21,25)(H,23,24)/b13-8+/t15-/m1/s1. The van der Waals surface area contributed by atoms with Gasteiger partial charge in [0.1, 0.15) is 18.2 Å². The second kappa shape index (κ2) is 7.85. The summed E-state index contributed by atoms with van der Waals surface area (Å²) in [5.41, 5.74) is 1.34. The minimum atomic E-state index is -0.962. The molecule has 1 aromatic heterocycles. The zero-order valence-corrected chi connectivity index (χ0v) is 14.1. The second-order valence-corrected chi connectivity index (χ2v) is 6.14. The van der Waals surface area contributed by atoms with Gasteiger partial charge in [-0.15, -0.1) is 0 Å². The van der Waals surface area contributed by atoms with E-state index in [-0.39, 0.29) is 18.2 Å². The number of carbonyl (C=O) groups is 2. The Morgan fingerprint density at radius 3 is 2.92 bits per heavy atom. The molecule has 0 radical (unpaired) electrons. The predicted octanol–water partition coefficient (Wildman–Crippen LogP) is 1.93. The van der Waals surface area contributed by atoms with Crippen LogP contribution in [0.2, 0.25) is 0 Å². The highest BCUT2D eigenvalue weighted by atomic mass is 16.5. The summed E-state index contributed by atoms with van der Waals surface area (Å²) in [6, 6.07) is 9.20. The summed E-state index contributed by atoms with van der Waals surface area (Å²) >= 11 is 0. The van der Waals surface area contributed by atoms with Gasteiger partial charge in [-0.2, -0.15) is 5.26 Å². The smallest absolute Gasteiger partial charge is 0.323 e. The molecule has 7 nitrogen and oxygen atoms in total. The predicted molar refractivity (Wildman–Crippen MR) is 95.1 cm³/mol. The minimum Gasteiger partial charge on any atom is -0.480 e. The van der Waals surface area contributed by atoms with Crippen molar-refractivity contribution >= 4 is 28.9 Å². The molecule has 0 saturated carbocycles. The first-order valence-electron chi connectivity index (χ1n) is 8.39. The molecule has 134 valence electrons. The van der Waals surface area contributed by atoms with Gasteiger partial charge in [0.15, 0.2) is 0 Å². The van der Waals surface area contributed by atoms with Crippen molar-refractivity contribution in [2.45, 2.75) is 25.5 Å². The van der Waals surface area contributed by atoms with Crippen molar-refractivity contribution in [1.82, 2.24) is 9.88 Å². The summed E-state index contributed by atoms with van der Waals surface area (Å²) in [4.78, 5) is 23.4. The molecular formula is C19H19N3O4. The van der Waals surface area contributed by atoms with Crippen LogP contribution < -0.4 is 5.32 Å². The normalized spacial score (nSPS) is 17.2. The first-order valence-corrected chi connectivity index (χ1v) is 8.39. The molecule has 0 aliphatic carbocycles. The molecule has 7 heteroatoms. The molecule has 1 aromatic carbocycles. The summed E-state index contributed by atoms with van der Waals surface area (Å²) in [5.74, 6) is -1.42. The average Bonchev–Trinajstić information content (AvgIpc) is 3.26. The third-order valence-corrected chi connectivity index (χ3v) is 4.30. The highest BCUT2D eigenvalue weighted by Gasteiger charge is 2.18. The number of carboxylic acids is 1. The lowest BCUT2D eigenvalue weighted by Gasteiger charge is -2.10. The molecule has 2 heterocycles. The summed E-state index contributed by atoms with van der Waals surface area (Å²) in [6.07, 6.45) is 5.00. The average molecular weight is 353 g/mol. The Morgan fingerprint density at radius 2 is 2.23 bits per heavy atom. The van der Waals surface area contributed by atoms with Gasteiger partial charge in [0, 0.05) is 35.8 Å². The van der Waals surface area contributed by atoms with Crippen LogP contribution in [0.15, 0.2) is 36.0 Å². The summed E-state index contributed by atoms with van der Waals surface area (Å²) < 4.78 is 7.04. The summed E-state index contributed by atoms with van der Waals surface area (Å²) in [5, 5.41) is 21.9. The van der Waals surface area contributed by atoms with Crippen LogP contribution in [0.1, 0.15) is 18.4 Å². The fraction of sp³-hybridized carbons (Fsp3) is 0.316. The number of aliphatic carboxylic acids is 1. The lowest BCUT2D eigenvalue weighted by atomic mass is 10.1. The van der Waals surface area contributed by atoms with Gasteiger partial charge < -0.3 is 19.7 Å². The summed E-state index contributed by atoms with van der Waals surface area (Å²) in [6.45, 7) is 0.880. The van der Waals surface area contributed by atoms with E-state index in [1.807, 2.05) is 24.3 Å². The maximum absolute atomic E-state index is 12.3. The van der Waals surface area contributed by atoms with Crippen molar-refractivity contribution in [3.8, 4) is 6.07 Å². The Hall–Kier alpha value is -3.11. The Bertz CT molecular complexity index is 901. The van der Waals surface area contributed by atoms with Crippen molar-refractivity contribution in [1.29, 1.82) is 5.26 Å². The Morgan fingerprint density at radius 1 is 1.42 bits per heavy atom. The van der Waals surface area contributed by atoms with Gasteiger partial charge in [-0.1, -0.05) is 18.2 Å². The van der Waals surface area contributed by atoms with Crippen LogP contribution >= 0.6 is 0 Å². The molecule has 3 rings (SSSR count). The van der Waals surface area contributed by atoms with Crippen LogP contribution in [0.5, 0.6) is 0 Å². The molecule has 1 fully saturated rings. The zero-order chi connectivity index (χ0) is 18.5. The SMILES string of the molecule is N#C/C(=C\c1cn(CC(=O)O)c2ccccc12)C(=O)NC[C@H]1CCCO1. The fourth-order valence-electron chi connectivity index (χ4n) is 3.08. The first-order chi connectivity index (χ1) is 12.6. The Kier molecular flexibility index (Phi) is 5.34. The molecular weight excluding hydrogens is 334 g/mol. The Labute approximate surface area is 150 Å². The number of hydrogen-bond donors (Lipinski definition) is 2.